The molecule has 0 aromatic rings. The van der Waals surface area contributed by atoms with E-state index in [9.17, 15) is 8.78 Å². The molecule has 1 N–H and O–H groups in total. The molecule has 1 aliphatic heterocycles. The second kappa shape index (κ2) is 8.28. The molecule has 2 rings (SSSR count). The van der Waals surface area contributed by atoms with Gasteiger partial charge in [0.1, 0.15) is 0 Å². The third-order valence-electron chi connectivity index (χ3n) is 4.05. The Morgan fingerprint density at radius 2 is 1.72 bits per heavy atom. The van der Waals surface area contributed by atoms with Gasteiger partial charge in [-0.15, -0.1) is 12.4 Å². The van der Waals surface area contributed by atoms with Crippen molar-refractivity contribution in [2.45, 2.75) is 38.5 Å². The van der Waals surface area contributed by atoms with Gasteiger partial charge < -0.3 is 5.32 Å². The van der Waals surface area contributed by atoms with Crippen LogP contribution in [0.4, 0.5) is 8.78 Å². The van der Waals surface area contributed by atoms with Gasteiger partial charge in [-0.05, 0) is 50.6 Å². The molecule has 0 aromatic heterocycles. The van der Waals surface area contributed by atoms with Crippen molar-refractivity contribution < 1.29 is 8.78 Å². The summed E-state index contributed by atoms with van der Waals surface area (Å²) < 4.78 is 25.1. The summed E-state index contributed by atoms with van der Waals surface area (Å²) in [5.74, 6) is 1.26. The molecule has 1 atom stereocenters. The van der Waals surface area contributed by atoms with Gasteiger partial charge in [-0.1, -0.05) is 6.42 Å². The van der Waals surface area contributed by atoms with Crippen molar-refractivity contribution in [1.29, 1.82) is 0 Å². The zero-order valence-corrected chi connectivity index (χ0v) is 11.7. The molecule has 1 heterocycles. The molecule has 0 amide bonds. The predicted octanol–water partition coefficient (Wildman–Crippen LogP) is 2.78. The van der Waals surface area contributed by atoms with Gasteiger partial charge in [0.05, 0.1) is 6.54 Å². The SMILES string of the molecule is Cl.FC(F)CN(CC1CCC1)CC1CCCNC1. The first-order chi connectivity index (χ1) is 8.24. The number of rotatable bonds is 6. The molecule has 18 heavy (non-hydrogen) atoms. The van der Waals surface area contributed by atoms with Crippen LogP contribution < -0.4 is 5.32 Å². The molecule has 1 saturated heterocycles. The van der Waals surface area contributed by atoms with Crippen LogP contribution in [-0.4, -0.2) is 44.0 Å². The molecule has 5 heteroatoms. The average Bonchev–Trinajstić information content (AvgIpc) is 2.24. The summed E-state index contributed by atoms with van der Waals surface area (Å²) in [5, 5.41) is 3.36. The number of nitrogens with zero attached hydrogens (tertiary/aromatic N) is 1. The van der Waals surface area contributed by atoms with E-state index in [0.717, 1.165) is 26.2 Å². The van der Waals surface area contributed by atoms with E-state index in [1.807, 2.05) is 4.90 Å². The van der Waals surface area contributed by atoms with Crippen molar-refractivity contribution in [1.82, 2.24) is 10.2 Å². The van der Waals surface area contributed by atoms with Crippen LogP contribution in [0.2, 0.25) is 0 Å². The highest BCUT2D eigenvalue weighted by Gasteiger charge is 2.25. The summed E-state index contributed by atoms with van der Waals surface area (Å²) in [6.07, 6.45) is 3.96. The Bertz CT molecular complexity index is 219. The Balaban J connectivity index is 0.00000162. The van der Waals surface area contributed by atoms with E-state index in [0.29, 0.717) is 11.8 Å². The van der Waals surface area contributed by atoms with Gasteiger partial charge in [-0.25, -0.2) is 8.78 Å². The van der Waals surface area contributed by atoms with Crippen LogP contribution in [0.3, 0.4) is 0 Å². The normalized spacial score (nSPS) is 25.0. The second-order valence-corrected chi connectivity index (χ2v) is 5.62. The minimum atomic E-state index is -2.19. The van der Waals surface area contributed by atoms with E-state index >= 15 is 0 Å². The van der Waals surface area contributed by atoms with Crippen molar-refractivity contribution in [3.63, 3.8) is 0 Å². The first-order valence-electron chi connectivity index (χ1n) is 6.95. The van der Waals surface area contributed by atoms with Crippen molar-refractivity contribution in [3.8, 4) is 0 Å². The third-order valence-corrected chi connectivity index (χ3v) is 4.05. The predicted molar refractivity (Wildman–Crippen MR) is 72.6 cm³/mol. The van der Waals surface area contributed by atoms with E-state index in [4.69, 9.17) is 0 Å². The lowest BCUT2D eigenvalue weighted by atomic mass is 9.85. The molecule has 0 radical (unpaired) electrons. The topological polar surface area (TPSA) is 15.3 Å². The number of hydrogen-bond acceptors (Lipinski definition) is 2. The van der Waals surface area contributed by atoms with E-state index in [1.165, 1.54) is 32.1 Å². The second-order valence-electron chi connectivity index (χ2n) is 5.62. The van der Waals surface area contributed by atoms with Crippen LogP contribution in [0.1, 0.15) is 32.1 Å². The van der Waals surface area contributed by atoms with Crippen molar-refractivity contribution in [3.05, 3.63) is 0 Å². The van der Waals surface area contributed by atoms with Crippen molar-refractivity contribution in [2.24, 2.45) is 11.8 Å². The molecule has 0 spiro atoms. The summed E-state index contributed by atoms with van der Waals surface area (Å²) in [7, 11) is 0. The Morgan fingerprint density at radius 1 is 1.06 bits per heavy atom. The fraction of sp³-hybridized carbons (Fsp3) is 1.00. The van der Waals surface area contributed by atoms with Crippen LogP contribution in [-0.2, 0) is 0 Å². The Morgan fingerprint density at radius 3 is 2.22 bits per heavy atom. The molecule has 2 nitrogen and oxygen atoms in total. The summed E-state index contributed by atoms with van der Waals surface area (Å²) in [4.78, 5) is 2.01. The molecule has 2 aliphatic rings. The van der Waals surface area contributed by atoms with E-state index in [2.05, 4.69) is 5.32 Å². The summed E-state index contributed by atoms with van der Waals surface area (Å²) in [6.45, 7) is 3.81. The molecule has 1 aliphatic carbocycles. The maximum atomic E-state index is 12.6. The van der Waals surface area contributed by atoms with Crippen LogP contribution in [0.15, 0.2) is 0 Å². The van der Waals surface area contributed by atoms with E-state index < -0.39 is 6.43 Å². The number of halogens is 3. The molecular formula is C13H25ClF2N2. The minimum Gasteiger partial charge on any atom is -0.316 e. The Labute approximate surface area is 115 Å². The lowest BCUT2D eigenvalue weighted by Gasteiger charge is -2.35. The van der Waals surface area contributed by atoms with Gasteiger partial charge in [0.15, 0.2) is 0 Å². The van der Waals surface area contributed by atoms with Crippen LogP contribution in [0.5, 0.6) is 0 Å². The lowest BCUT2D eigenvalue weighted by Crippen LogP contribution is -2.42. The average molecular weight is 283 g/mol. The first-order valence-corrected chi connectivity index (χ1v) is 6.95. The van der Waals surface area contributed by atoms with Crippen LogP contribution in [0.25, 0.3) is 0 Å². The van der Waals surface area contributed by atoms with Crippen LogP contribution >= 0.6 is 12.4 Å². The highest BCUT2D eigenvalue weighted by Crippen LogP contribution is 2.27. The number of alkyl halides is 2. The molecular weight excluding hydrogens is 258 g/mol. The van der Waals surface area contributed by atoms with Crippen molar-refractivity contribution >= 4 is 12.4 Å². The lowest BCUT2D eigenvalue weighted by molar-refractivity contribution is 0.0593. The number of hydrogen-bond donors (Lipinski definition) is 1. The van der Waals surface area contributed by atoms with Gasteiger partial charge in [0.2, 0.25) is 0 Å². The molecule has 1 saturated carbocycles. The van der Waals surface area contributed by atoms with Crippen LogP contribution in [0, 0.1) is 11.8 Å². The zero-order valence-electron chi connectivity index (χ0n) is 10.9. The zero-order chi connectivity index (χ0) is 12.1. The quantitative estimate of drug-likeness (QED) is 0.806. The highest BCUT2D eigenvalue weighted by molar-refractivity contribution is 5.85. The van der Waals surface area contributed by atoms with E-state index in [1.54, 1.807) is 0 Å². The summed E-state index contributed by atoms with van der Waals surface area (Å²) in [6, 6.07) is 0. The fourth-order valence-corrected chi connectivity index (χ4v) is 2.90. The van der Waals surface area contributed by atoms with E-state index in [-0.39, 0.29) is 19.0 Å². The van der Waals surface area contributed by atoms with Gasteiger partial charge in [0.25, 0.3) is 6.43 Å². The number of piperidine rings is 1. The molecule has 2 fully saturated rings. The molecule has 1 unspecified atom stereocenters. The monoisotopic (exact) mass is 282 g/mol. The summed E-state index contributed by atoms with van der Waals surface area (Å²) >= 11 is 0. The van der Waals surface area contributed by atoms with Gasteiger partial charge in [-0.3, -0.25) is 4.90 Å². The van der Waals surface area contributed by atoms with Gasteiger partial charge in [0, 0.05) is 13.1 Å². The third kappa shape index (κ3) is 5.37. The maximum Gasteiger partial charge on any atom is 0.251 e. The van der Waals surface area contributed by atoms with Gasteiger partial charge in [-0.2, -0.15) is 0 Å². The largest absolute Gasteiger partial charge is 0.316 e. The minimum absolute atomic E-state index is 0. The highest BCUT2D eigenvalue weighted by atomic mass is 35.5. The molecule has 0 bridgehead atoms. The summed E-state index contributed by atoms with van der Waals surface area (Å²) in [5.41, 5.74) is 0. The first kappa shape index (κ1) is 16.1. The molecule has 0 aromatic carbocycles. The maximum absolute atomic E-state index is 12.6. The van der Waals surface area contributed by atoms with Gasteiger partial charge >= 0.3 is 0 Å². The van der Waals surface area contributed by atoms with Crippen molar-refractivity contribution in [2.75, 3.05) is 32.7 Å². The Kier molecular flexibility index (Phi) is 7.42. The standard InChI is InChI=1S/C13H24F2N2.ClH/c14-13(15)10-17(8-11-3-1-4-11)9-12-5-2-6-16-7-12;/h11-13,16H,1-10H2;1H. The smallest absolute Gasteiger partial charge is 0.251 e. The fourth-order valence-electron chi connectivity index (χ4n) is 2.90. The Hall–Kier alpha value is 0.0700. The molecule has 108 valence electrons. The number of nitrogens with one attached hydrogen (secondary N) is 1.